The summed E-state index contributed by atoms with van der Waals surface area (Å²) in [7, 11) is -0.452. The minimum absolute atomic E-state index is 0.298. The monoisotopic (exact) mass is 322 g/mol. The van der Waals surface area contributed by atoms with Gasteiger partial charge in [-0.1, -0.05) is 32.1 Å². The summed E-state index contributed by atoms with van der Waals surface area (Å²) in [6, 6.07) is 0. The van der Waals surface area contributed by atoms with E-state index >= 15 is 0 Å². The highest BCUT2D eigenvalue weighted by Gasteiger charge is 2.52. The molecule has 0 N–H and O–H groups in total. The molecule has 0 bridgehead atoms. The van der Waals surface area contributed by atoms with Gasteiger partial charge in [-0.15, -0.1) is 0 Å². The van der Waals surface area contributed by atoms with Crippen LogP contribution >= 0.6 is 0 Å². The van der Waals surface area contributed by atoms with E-state index in [0.29, 0.717) is 12.5 Å². The van der Waals surface area contributed by atoms with E-state index in [1.54, 1.807) is 6.08 Å². The Kier molecular flexibility index (Phi) is 5.96. The predicted octanol–water partition coefficient (Wildman–Crippen LogP) is 4.08. The third kappa shape index (κ3) is 4.60. The molecule has 0 aromatic heterocycles. The van der Waals surface area contributed by atoms with Crippen molar-refractivity contribution >= 4 is 13.1 Å². The summed E-state index contributed by atoms with van der Waals surface area (Å²) in [5.41, 5.74) is 0.143. The molecule has 130 valence electrons. The van der Waals surface area contributed by atoms with E-state index in [1.807, 2.05) is 34.6 Å². The fourth-order valence-corrected chi connectivity index (χ4v) is 3.28. The van der Waals surface area contributed by atoms with Gasteiger partial charge in [0.25, 0.3) is 0 Å². The zero-order valence-corrected chi connectivity index (χ0v) is 15.3. The topological polar surface area (TPSA) is 44.8 Å². The molecule has 0 radical (unpaired) electrons. The van der Waals surface area contributed by atoms with Gasteiger partial charge in [0.05, 0.1) is 17.8 Å². The van der Waals surface area contributed by atoms with Crippen molar-refractivity contribution in [3.63, 3.8) is 0 Å². The van der Waals surface area contributed by atoms with Crippen LogP contribution in [-0.4, -0.2) is 30.9 Å². The highest BCUT2D eigenvalue weighted by Crippen LogP contribution is 2.40. The third-order valence-corrected chi connectivity index (χ3v) is 5.39. The number of ether oxygens (including phenoxy) is 1. The lowest BCUT2D eigenvalue weighted by Crippen LogP contribution is -2.41. The molecule has 5 heteroatoms. The van der Waals surface area contributed by atoms with Crippen LogP contribution in [0.1, 0.15) is 73.1 Å². The summed E-state index contributed by atoms with van der Waals surface area (Å²) in [6.07, 6.45) is 8.78. The smallest absolute Gasteiger partial charge is 0.463 e. The molecule has 0 aromatic rings. The molecule has 1 saturated carbocycles. The summed E-state index contributed by atoms with van der Waals surface area (Å²) in [5, 5.41) is 0. The molecular formula is C18H31BO4. The number of allylic oxidation sites excluding steroid dienone is 1. The van der Waals surface area contributed by atoms with Gasteiger partial charge in [0.1, 0.15) is 0 Å². The molecule has 0 amide bonds. The van der Waals surface area contributed by atoms with Crippen molar-refractivity contribution in [2.24, 2.45) is 5.92 Å². The average molecular weight is 322 g/mol. The quantitative estimate of drug-likeness (QED) is 0.435. The number of rotatable bonds is 5. The molecular weight excluding hydrogens is 291 g/mol. The van der Waals surface area contributed by atoms with Crippen LogP contribution in [0.15, 0.2) is 11.5 Å². The van der Waals surface area contributed by atoms with Crippen LogP contribution < -0.4 is 0 Å². The number of hydrogen-bond acceptors (Lipinski definition) is 4. The summed E-state index contributed by atoms with van der Waals surface area (Å²) < 4.78 is 17.4. The van der Waals surface area contributed by atoms with Crippen molar-refractivity contribution in [1.82, 2.24) is 0 Å². The minimum Gasteiger partial charge on any atom is -0.463 e. The highest BCUT2D eigenvalue weighted by molar-refractivity contribution is 6.55. The molecule has 0 spiro atoms. The van der Waals surface area contributed by atoms with Crippen LogP contribution in [-0.2, 0) is 18.8 Å². The summed E-state index contributed by atoms with van der Waals surface area (Å²) in [4.78, 5) is 12.0. The Morgan fingerprint density at radius 2 is 1.70 bits per heavy atom. The van der Waals surface area contributed by atoms with Gasteiger partial charge in [-0.3, -0.25) is 0 Å². The van der Waals surface area contributed by atoms with Crippen LogP contribution in [0.5, 0.6) is 0 Å². The molecule has 2 aliphatic rings. The van der Waals surface area contributed by atoms with Gasteiger partial charge in [-0.2, -0.15) is 0 Å². The van der Waals surface area contributed by atoms with E-state index in [0.717, 1.165) is 11.9 Å². The lowest BCUT2D eigenvalue weighted by molar-refractivity contribution is -0.137. The second kappa shape index (κ2) is 7.39. The first kappa shape index (κ1) is 18.5. The fraction of sp³-hybridized carbons (Fsp3) is 0.833. The van der Waals surface area contributed by atoms with Gasteiger partial charge in [0, 0.05) is 6.08 Å². The van der Waals surface area contributed by atoms with Crippen molar-refractivity contribution < 1.29 is 18.8 Å². The first-order valence-corrected chi connectivity index (χ1v) is 8.98. The summed E-state index contributed by atoms with van der Waals surface area (Å²) >= 11 is 0. The zero-order chi connectivity index (χ0) is 17.1. The normalized spacial score (nSPS) is 24.7. The van der Waals surface area contributed by atoms with Crippen molar-refractivity contribution in [2.75, 3.05) is 6.61 Å². The van der Waals surface area contributed by atoms with E-state index in [2.05, 4.69) is 0 Å². The van der Waals surface area contributed by atoms with Crippen LogP contribution in [0.25, 0.3) is 0 Å². The molecule has 2 rings (SSSR count). The molecule has 4 nitrogen and oxygen atoms in total. The van der Waals surface area contributed by atoms with Crippen molar-refractivity contribution in [2.45, 2.75) is 84.3 Å². The maximum absolute atomic E-state index is 12.0. The number of hydrogen-bond donors (Lipinski definition) is 0. The van der Waals surface area contributed by atoms with Gasteiger partial charge < -0.3 is 14.0 Å². The number of carbonyl (C=O) groups is 1. The first-order chi connectivity index (χ1) is 10.7. The predicted molar refractivity (Wildman–Crippen MR) is 92.0 cm³/mol. The van der Waals surface area contributed by atoms with Crippen LogP contribution in [0.3, 0.4) is 0 Å². The van der Waals surface area contributed by atoms with Gasteiger partial charge in [-0.25, -0.2) is 4.79 Å². The Morgan fingerprint density at radius 3 is 2.22 bits per heavy atom. The SMILES string of the molecule is CCOC(=O)/C=C(/CC1CCCCC1)B1OC(C)(C)C(C)(C)O1. The lowest BCUT2D eigenvalue weighted by atomic mass is 9.71. The van der Waals surface area contributed by atoms with E-state index in [9.17, 15) is 4.79 Å². The van der Waals surface area contributed by atoms with Gasteiger partial charge in [0.15, 0.2) is 0 Å². The van der Waals surface area contributed by atoms with E-state index in [-0.39, 0.29) is 5.97 Å². The molecule has 1 saturated heterocycles. The van der Waals surface area contributed by atoms with Crippen molar-refractivity contribution in [3.8, 4) is 0 Å². The van der Waals surface area contributed by atoms with Crippen molar-refractivity contribution in [3.05, 3.63) is 11.5 Å². The molecule has 1 aliphatic carbocycles. The van der Waals surface area contributed by atoms with Crippen LogP contribution in [0.2, 0.25) is 0 Å². The van der Waals surface area contributed by atoms with Gasteiger partial charge in [0.2, 0.25) is 0 Å². The standard InChI is InChI=1S/C18H31BO4/c1-6-21-16(20)13-15(12-14-10-8-7-9-11-14)19-22-17(2,3)18(4,5)23-19/h13-14H,6-12H2,1-5H3/b15-13-. The highest BCUT2D eigenvalue weighted by atomic mass is 16.7. The van der Waals surface area contributed by atoms with Gasteiger partial charge >= 0.3 is 13.1 Å². The second-order valence-electron chi connectivity index (χ2n) is 7.77. The van der Waals surface area contributed by atoms with Crippen molar-refractivity contribution in [1.29, 1.82) is 0 Å². The Balaban J connectivity index is 2.15. The third-order valence-electron chi connectivity index (χ3n) is 5.39. The van der Waals surface area contributed by atoms with Gasteiger partial charge in [-0.05, 0) is 52.4 Å². The van der Waals surface area contributed by atoms with Crippen LogP contribution in [0, 0.1) is 5.92 Å². The average Bonchev–Trinajstić information content (AvgIpc) is 2.68. The minimum atomic E-state index is -0.452. The fourth-order valence-electron chi connectivity index (χ4n) is 3.28. The zero-order valence-electron chi connectivity index (χ0n) is 15.3. The Morgan fingerprint density at radius 1 is 1.13 bits per heavy atom. The maximum Gasteiger partial charge on any atom is 0.490 e. The Hall–Kier alpha value is -0.805. The molecule has 23 heavy (non-hydrogen) atoms. The molecule has 2 fully saturated rings. The Labute approximate surface area is 141 Å². The summed E-state index contributed by atoms with van der Waals surface area (Å²) in [6.45, 7) is 10.4. The largest absolute Gasteiger partial charge is 0.490 e. The molecule has 0 aromatic carbocycles. The Bertz CT molecular complexity index is 434. The van der Waals surface area contributed by atoms with Crippen LogP contribution in [0.4, 0.5) is 0 Å². The molecule has 0 unspecified atom stereocenters. The first-order valence-electron chi connectivity index (χ1n) is 8.98. The molecule has 0 atom stereocenters. The number of carbonyl (C=O) groups excluding carboxylic acids is 1. The van der Waals surface area contributed by atoms with E-state index < -0.39 is 18.3 Å². The molecule has 1 heterocycles. The number of esters is 1. The lowest BCUT2D eigenvalue weighted by Gasteiger charge is -2.32. The van der Waals surface area contributed by atoms with E-state index in [1.165, 1.54) is 32.1 Å². The maximum atomic E-state index is 12.0. The molecule has 1 aliphatic heterocycles. The second-order valence-corrected chi connectivity index (χ2v) is 7.77. The van der Waals surface area contributed by atoms with E-state index in [4.69, 9.17) is 14.0 Å². The summed E-state index contributed by atoms with van der Waals surface area (Å²) in [5.74, 6) is 0.316.